The van der Waals surface area contributed by atoms with Gasteiger partial charge in [-0.1, -0.05) is 17.3 Å². The van der Waals surface area contributed by atoms with Gasteiger partial charge in [-0.05, 0) is 55.3 Å². The number of carbonyl (C=O) groups excluding carboxylic acids is 1. The second-order valence-electron chi connectivity index (χ2n) is 11.1. The van der Waals surface area contributed by atoms with E-state index in [1.54, 1.807) is 0 Å². The van der Waals surface area contributed by atoms with Crippen LogP contribution in [0.1, 0.15) is 25.0 Å². The maximum Gasteiger partial charge on any atom is 0.247 e. The number of fused-ring (bicyclic) bond motifs is 1. The highest BCUT2D eigenvalue weighted by Crippen LogP contribution is 2.34. The Morgan fingerprint density at radius 1 is 1.00 bits per heavy atom. The third-order valence-corrected chi connectivity index (χ3v) is 7.88. The summed E-state index contributed by atoms with van der Waals surface area (Å²) >= 11 is 0. The fraction of sp³-hybridized carbons (Fsp3) is 0.467. The Kier molecular flexibility index (Phi) is 10.2. The molecule has 1 aliphatic carbocycles. The Hall–Kier alpha value is -3.77. The summed E-state index contributed by atoms with van der Waals surface area (Å²) in [6, 6.07) is 5.87. The van der Waals surface area contributed by atoms with Crippen LogP contribution in [0.2, 0.25) is 0 Å². The third-order valence-electron chi connectivity index (χ3n) is 7.88. The van der Waals surface area contributed by atoms with E-state index < -0.39 is 84.5 Å². The minimum atomic E-state index is -2.05. The number of phenolic OH excluding ortho intramolecular Hbond substituents is 1. The van der Waals surface area contributed by atoms with E-state index in [1.807, 2.05) is 0 Å². The van der Waals surface area contributed by atoms with Crippen molar-refractivity contribution in [1.82, 2.24) is 5.32 Å². The zero-order chi connectivity index (χ0) is 33.3. The van der Waals surface area contributed by atoms with Crippen LogP contribution in [0.25, 0.3) is 6.08 Å². The van der Waals surface area contributed by atoms with Crippen molar-refractivity contribution in [3.63, 3.8) is 0 Å². The molecule has 3 fully saturated rings. The Balaban J connectivity index is 1.18. The predicted octanol–water partition coefficient (Wildman–Crippen LogP) is 0.792. The second-order valence-corrected chi connectivity index (χ2v) is 11.1. The van der Waals surface area contributed by atoms with E-state index in [1.165, 1.54) is 44.2 Å². The van der Waals surface area contributed by atoms with Gasteiger partial charge < -0.3 is 54.6 Å². The molecule has 1 amide bonds. The molecule has 2 saturated heterocycles. The fourth-order valence-electron chi connectivity index (χ4n) is 5.34. The molecule has 13 nitrogen and oxygen atoms in total. The molecule has 6 N–H and O–H groups in total. The first-order valence-corrected chi connectivity index (χ1v) is 14.2. The van der Waals surface area contributed by atoms with Crippen molar-refractivity contribution in [2.75, 3.05) is 6.79 Å². The molecule has 1 saturated carbocycles. The molecule has 3 aliphatic rings. The summed E-state index contributed by atoms with van der Waals surface area (Å²) in [6.45, 7) is 2.44. The molecule has 2 heterocycles. The SMILES string of the molecule is C/C(=C\c1ccc(O[C@@H]2O[C@H](/C(C)=N/OCc3ccc(F)c(F)c3)[C@@H](O)[C@@H]2F)c(O)c1)C(=O)N[C@@H]1[C@H](O)[C@@H](O)[C@H]2OCO[C@H]2[C@@H]1O. The average molecular weight is 655 g/mol. The number of alkyl halides is 1. The van der Waals surface area contributed by atoms with E-state index in [-0.39, 0.29) is 36.0 Å². The number of carbonyl (C=O) groups is 1. The molecule has 250 valence electrons. The number of nitrogens with one attached hydrogen (secondary N) is 1. The van der Waals surface area contributed by atoms with Gasteiger partial charge in [-0.3, -0.25) is 4.79 Å². The van der Waals surface area contributed by atoms with Crippen LogP contribution in [0.5, 0.6) is 11.5 Å². The van der Waals surface area contributed by atoms with E-state index in [4.69, 9.17) is 23.8 Å². The second kappa shape index (κ2) is 13.9. The van der Waals surface area contributed by atoms with Crippen LogP contribution >= 0.6 is 0 Å². The molecule has 2 aromatic rings. The largest absolute Gasteiger partial charge is 0.504 e. The Morgan fingerprint density at radius 2 is 1.72 bits per heavy atom. The van der Waals surface area contributed by atoms with Gasteiger partial charge in [-0.25, -0.2) is 13.2 Å². The number of halogens is 3. The van der Waals surface area contributed by atoms with Gasteiger partial charge in [0.2, 0.25) is 12.2 Å². The Bertz CT molecular complexity index is 1490. The first kappa shape index (κ1) is 33.6. The number of hydrogen-bond donors (Lipinski definition) is 6. The summed E-state index contributed by atoms with van der Waals surface area (Å²) in [7, 11) is 0. The van der Waals surface area contributed by atoms with Crippen LogP contribution in [0, 0.1) is 11.6 Å². The molecular formula is C30H33F3N2O11. The molecule has 2 aliphatic heterocycles. The highest BCUT2D eigenvalue weighted by atomic mass is 19.2. The van der Waals surface area contributed by atoms with Crippen LogP contribution in [0.4, 0.5) is 13.2 Å². The number of aliphatic hydroxyl groups excluding tert-OH is 4. The molecule has 0 unspecified atom stereocenters. The normalized spacial score (nSPS) is 33.1. The number of aliphatic hydroxyl groups is 4. The smallest absolute Gasteiger partial charge is 0.247 e. The molecule has 46 heavy (non-hydrogen) atoms. The lowest BCUT2D eigenvalue weighted by molar-refractivity contribution is -0.155. The molecule has 2 aromatic carbocycles. The van der Waals surface area contributed by atoms with Crippen molar-refractivity contribution >= 4 is 17.7 Å². The van der Waals surface area contributed by atoms with Gasteiger partial charge in [0.15, 0.2) is 29.3 Å². The number of nitrogens with zero attached hydrogens (tertiary/aromatic N) is 1. The number of ether oxygens (including phenoxy) is 4. The summed E-state index contributed by atoms with van der Waals surface area (Å²) in [4.78, 5) is 17.9. The highest BCUT2D eigenvalue weighted by molar-refractivity contribution is 5.97. The molecule has 16 heteroatoms. The third kappa shape index (κ3) is 6.97. The van der Waals surface area contributed by atoms with Crippen LogP contribution in [0.3, 0.4) is 0 Å². The number of hydrogen-bond acceptors (Lipinski definition) is 12. The first-order chi connectivity index (χ1) is 21.8. The standard InChI is InChI=1S/C30H33F3N2O11/c1-12(29(41)34-21-23(38)25(40)28-27(24(21)39)42-11-43-28)7-14-4-6-19(18(36)9-14)45-30-20(33)22(37)26(46-30)13(2)35-44-10-15-3-5-16(31)17(32)8-15/h3-9,20-28,30,36-40H,10-11H2,1-2H3,(H,34,41)/b12-7+,35-13+/t20-,21+,22-,23-,24+,25+,26+,27-,28+,30+/m0/s1. The van der Waals surface area contributed by atoms with E-state index in [0.29, 0.717) is 5.56 Å². The van der Waals surface area contributed by atoms with Crippen LogP contribution in [-0.4, -0.2) is 105 Å². The molecular weight excluding hydrogens is 621 g/mol. The lowest BCUT2D eigenvalue weighted by Crippen LogP contribution is -2.67. The topological polar surface area (TPSA) is 189 Å². The van der Waals surface area contributed by atoms with E-state index in [2.05, 4.69) is 10.5 Å². The zero-order valence-electron chi connectivity index (χ0n) is 24.5. The zero-order valence-corrected chi connectivity index (χ0v) is 24.5. The van der Waals surface area contributed by atoms with Gasteiger partial charge in [0.25, 0.3) is 0 Å². The minimum Gasteiger partial charge on any atom is -0.504 e. The summed E-state index contributed by atoms with van der Waals surface area (Å²) in [5.74, 6) is -3.40. The number of oxime groups is 1. The molecule has 0 spiro atoms. The number of amides is 1. The molecule has 0 aromatic heterocycles. The van der Waals surface area contributed by atoms with Crippen molar-refractivity contribution in [1.29, 1.82) is 0 Å². The van der Waals surface area contributed by atoms with Crippen LogP contribution in [0.15, 0.2) is 47.1 Å². The summed E-state index contributed by atoms with van der Waals surface area (Å²) in [5.41, 5.74) is 0.766. The van der Waals surface area contributed by atoms with Crippen molar-refractivity contribution < 1.29 is 67.3 Å². The Labute approximate surface area is 260 Å². The van der Waals surface area contributed by atoms with Gasteiger partial charge in [0.05, 0.1) is 11.8 Å². The quantitative estimate of drug-likeness (QED) is 0.127. The minimum absolute atomic E-state index is 0.0361. The van der Waals surface area contributed by atoms with E-state index in [9.17, 15) is 43.5 Å². The monoisotopic (exact) mass is 654 g/mol. The van der Waals surface area contributed by atoms with Crippen LogP contribution < -0.4 is 10.1 Å². The van der Waals surface area contributed by atoms with E-state index in [0.717, 1.165) is 12.1 Å². The van der Waals surface area contributed by atoms with Crippen LogP contribution in [-0.2, 0) is 30.4 Å². The first-order valence-electron chi connectivity index (χ1n) is 14.2. The van der Waals surface area contributed by atoms with Crippen molar-refractivity contribution in [3.05, 3.63) is 64.7 Å². The number of aromatic hydroxyl groups is 1. The molecule has 0 radical (unpaired) electrons. The Morgan fingerprint density at radius 3 is 2.41 bits per heavy atom. The van der Waals surface area contributed by atoms with E-state index >= 15 is 0 Å². The van der Waals surface area contributed by atoms with Gasteiger partial charge >= 0.3 is 0 Å². The van der Waals surface area contributed by atoms with Gasteiger partial charge in [-0.2, -0.15) is 0 Å². The van der Waals surface area contributed by atoms with Crippen molar-refractivity contribution in [2.24, 2.45) is 5.16 Å². The molecule has 0 bridgehead atoms. The summed E-state index contributed by atoms with van der Waals surface area (Å²) in [5, 5.41) is 58.4. The summed E-state index contributed by atoms with van der Waals surface area (Å²) < 4.78 is 62.7. The lowest BCUT2D eigenvalue weighted by atomic mass is 9.83. The highest BCUT2D eigenvalue weighted by Gasteiger charge is 2.53. The average Bonchev–Trinajstić information content (AvgIpc) is 3.62. The van der Waals surface area contributed by atoms with Gasteiger partial charge in [-0.15, -0.1) is 0 Å². The van der Waals surface area contributed by atoms with Crippen molar-refractivity contribution in [2.45, 2.75) is 81.7 Å². The predicted molar refractivity (Wildman–Crippen MR) is 151 cm³/mol. The maximum absolute atomic E-state index is 14.9. The lowest BCUT2D eigenvalue weighted by Gasteiger charge is -2.41. The molecule has 5 rings (SSSR count). The maximum atomic E-state index is 14.9. The number of phenols is 1. The summed E-state index contributed by atoms with van der Waals surface area (Å²) in [6.07, 6.45) is -11.4. The van der Waals surface area contributed by atoms with Gasteiger partial charge in [0, 0.05) is 5.57 Å². The number of benzene rings is 2. The number of rotatable bonds is 9. The van der Waals surface area contributed by atoms with Gasteiger partial charge in [0.1, 0.15) is 56.1 Å². The fourth-order valence-corrected chi connectivity index (χ4v) is 5.34. The van der Waals surface area contributed by atoms with Crippen molar-refractivity contribution in [3.8, 4) is 11.5 Å². The molecule has 10 atom stereocenters.